The molecule has 1 aliphatic heterocycles. The van der Waals surface area contributed by atoms with E-state index in [0.29, 0.717) is 11.5 Å². The van der Waals surface area contributed by atoms with Crippen LogP contribution in [0.4, 0.5) is 11.4 Å². The molecule has 2 aromatic rings. The molecule has 2 heterocycles. The first-order valence-corrected chi connectivity index (χ1v) is 6.32. The van der Waals surface area contributed by atoms with Gasteiger partial charge < -0.3 is 15.1 Å². The quantitative estimate of drug-likeness (QED) is 0.893. The van der Waals surface area contributed by atoms with E-state index in [1.807, 2.05) is 18.2 Å². The minimum Gasteiger partial charge on any atom is -0.448 e. The zero-order valence-corrected chi connectivity index (χ0v) is 11.9. The van der Waals surface area contributed by atoms with Crippen molar-refractivity contribution in [2.45, 2.75) is 19.8 Å². The molecule has 0 saturated carbocycles. The van der Waals surface area contributed by atoms with Gasteiger partial charge in [-0.2, -0.15) is 0 Å². The Morgan fingerprint density at radius 3 is 3.05 bits per heavy atom. The van der Waals surface area contributed by atoms with Gasteiger partial charge in [0.15, 0.2) is 12.1 Å². The highest BCUT2D eigenvalue weighted by atomic mass is 35.5. The van der Waals surface area contributed by atoms with E-state index in [4.69, 9.17) is 4.42 Å². The number of fused-ring (bicyclic) bond motifs is 1. The Balaban J connectivity index is 0.00000147. The Labute approximate surface area is 123 Å². The van der Waals surface area contributed by atoms with Gasteiger partial charge in [0.25, 0.3) is 5.91 Å². The molecular formula is C14H16ClN3O2. The smallest absolute Gasteiger partial charge is 0.277 e. The highest BCUT2D eigenvalue weighted by Crippen LogP contribution is 2.25. The van der Waals surface area contributed by atoms with Crippen LogP contribution in [0.1, 0.15) is 28.2 Å². The largest absolute Gasteiger partial charge is 0.448 e. The number of carbonyl (C=O) groups is 1. The maximum Gasteiger partial charge on any atom is 0.277 e. The molecule has 0 atom stereocenters. The van der Waals surface area contributed by atoms with Gasteiger partial charge in [-0.1, -0.05) is 6.07 Å². The Morgan fingerprint density at radius 2 is 2.30 bits per heavy atom. The van der Waals surface area contributed by atoms with E-state index in [1.54, 1.807) is 6.92 Å². The van der Waals surface area contributed by atoms with Gasteiger partial charge >= 0.3 is 0 Å². The van der Waals surface area contributed by atoms with E-state index in [0.717, 1.165) is 30.8 Å². The number of carbonyl (C=O) groups excluding carboxylic acids is 1. The van der Waals surface area contributed by atoms with Crippen molar-refractivity contribution in [3.8, 4) is 0 Å². The topological polar surface area (TPSA) is 67.2 Å². The monoisotopic (exact) mass is 293 g/mol. The van der Waals surface area contributed by atoms with Gasteiger partial charge in [-0.05, 0) is 37.5 Å². The van der Waals surface area contributed by atoms with E-state index >= 15 is 0 Å². The number of anilines is 2. The number of nitrogens with one attached hydrogen (secondary N) is 2. The number of rotatable bonds is 2. The fraction of sp³-hybridized carbons (Fsp3) is 0.286. The fourth-order valence-electron chi connectivity index (χ4n) is 2.25. The molecule has 0 saturated heterocycles. The van der Waals surface area contributed by atoms with Crippen LogP contribution in [0.15, 0.2) is 29.0 Å². The summed E-state index contributed by atoms with van der Waals surface area (Å²) in [5.74, 6) is 0.274. The van der Waals surface area contributed by atoms with Gasteiger partial charge in [0.1, 0.15) is 5.76 Å². The SMILES string of the molecule is Cc1ocnc1C(=O)Nc1ccc2c(c1)NCCC2.Cl. The maximum absolute atomic E-state index is 12.0. The van der Waals surface area contributed by atoms with Crippen molar-refractivity contribution in [2.24, 2.45) is 0 Å². The Bertz CT molecular complexity index is 625. The summed E-state index contributed by atoms with van der Waals surface area (Å²) in [6, 6.07) is 5.92. The van der Waals surface area contributed by atoms with Crippen molar-refractivity contribution in [2.75, 3.05) is 17.2 Å². The van der Waals surface area contributed by atoms with E-state index in [9.17, 15) is 4.79 Å². The van der Waals surface area contributed by atoms with Gasteiger partial charge in [-0.3, -0.25) is 4.79 Å². The van der Waals surface area contributed by atoms with E-state index < -0.39 is 0 Å². The summed E-state index contributed by atoms with van der Waals surface area (Å²) in [7, 11) is 0. The average Bonchev–Trinajstić information content (AvgIpc) is 2.85. The lowest BCUT2D eigenvalue weighted by Gasteiger charge is -2.18. The zero-order chi connectivity index (χ0) is 13.2. The molecular weight excluding hydrogens is 278 g/mol. The zero-order valence-electron chi connectivity index (χ0n) is 11.1. The van der Waals surface area contributed by atoms with Crippen LogP contribution >= 0.6 is 12.4 Å². The summed E-state index contributed by atoms with van der Waals surface area (Å²) in [6.07, 6.45) is 3.51. The number of hydrogen-bond donors (Lipinski definition) is 2. The number of amides is 1. The first kappa shape index (κ1) is 14.4. The molecule has 5 nitrogen and oxygen atoms in total. The highest BCUT2D eigenvalue weighted by molar-refractivity contribution is 6.03. The second-order valence-electron chi connectivity index (χ2n) is 4.61. The lowest BCUT2D eigenvalue weighted by atomic mass is 10.0. The number of nitrogens with zero attached hydrogens (tertiary/aromatic N) is 1. The molecule has 1 aromatic heterocycles. The third-order valence-corrected chi connectivity index (χ3v) is 3.27. The summed E-state index contributed by atoms with van der Waals surface area (Å²) < 4.78 is 5.03. The van der Waals surface area contributed by atoms with Crippen molar-refractivity contribution in [1.29, 1.82) is 0 Å². The normalized spacial score (nSPS) is 12.8. The Morgan fingerprint density at radius 1 is 1.45 bits per heavy atom. The van der Waals surface area contributed by atoms with Crippen LogP contribution in [0.25, 0.3) is 0 Å². The van der Waals surface area contributed by atoms with Crippen LogP contribution in [0.3, 0.4) is 0 Å². The van der Waals surface area contributed by atoms with Gasteiger partial charge in [0, 0.05) is 17.9 Å². The Kier molecular flexibility index (Phi) is 4.29. The standard InChI is InChI=1S/C14H15N3O2.ClH/c1-9-13(16-8-19-9)14(18)17-11-5-4-10-3-2-6-15-12(10)7-11;/h4-5,7-8,15H,2-3,6H2,1H3,(H,17,18);1H. The molecule has 0 fully saturated rings. The van der Waals surface area contributed by atoms with Crippen molar-refractivity contribution in [3.63, 3.8) is 0 Å². The van der Waals surface area contributed by atoms with Crippen LogP contribution in [0.5, 0.6) is 0 Å². The predicted octanol–water partition coefficient (Wildman–Crippen LogP) is 3.02. The minimum atomic E-state index is -0.248. The molecule has 20 heavy (non-hydrogen) atoms. The Hall–Kier alpha value is -2.01. The average molecular weight is 294 g/mol. The molecule has 0 aliphatic carbocycles. The van der Waals surface area contributed by atoms with E-state index in [2.05, 4.69) is 15.6 Å². The lowest BCUT2D eigenvalue weighted by Crippen LogP contribution is -2.15. The summed E-state index contributed by atoms with van der Waals surface area (Å²) in [4.78, 5) is 15.9. The molecule has 1 amide bonds. The summed E-state index contributed by atoms with van der Waals surface area (Å²) in [6.45, 7) is 2.70. The molecule has 1 aliphatic rings. The minimum absolute atomic E-state index is 0. The molecule has 2 N–H and O–H groups in total. The molecule has 106 valence electrons. The maximum atomic E-state index is 12.0. The van der Waals surface area contributed by atoms with Gasteiger partial charge in [-0.15, -0.1) is 12.4 Å². The lowest BCUT2D eigenvalue weighted by molar-refractivity contribution is 0.102. The first-order chi connectivity index (χ1) is 9.24. The number of aryl methyl sites for hydroxylation is 2. The molecule has 0 spiro atoms. The van der Waals surface area contributed by atoms with Crippen LogP contribution < -0.4 is 10.6 Å². The van der Waals surface area contributed by atoms with Gasteiger partial charge in [0.05, 0.1) is 0 Å². The van der Waals surface area contributed by atoms with Crippen molar-refractivity contribution >= 4 is 29.7 Å². The second kappa shape index (κ2) is 5.96. The highest BCUT2D eigenvalue weighted by Gasteiger charge is 2.15. The number of halogens is 1. The molecule has 3 rings (SSSR count). The summed E-state index contributed by atoms with van der Waals surface area (Å²) in [5, 5.41) is 6.17. The van der Waals surface area contributed by atoms with Crippen LogP contribution in [0, 0.1) is 6.92 Å². The molecule has 0 unspecified atom stereocenters. The summed E-state index contributed by atoms with van der Waals surface area (Å²) >= 11 is 0. The third kappa shape index (κ3) is 2.77. The van der Waals surface area contributed by atoms with Crippen LogP contribution in [-0.4, -0.2) is 17.4 Å². The van der Waals surface area contributed by atoms with Crippen LogP contribution in [0.2, 0.25) is 0 Å². The van der Waals surface area contributed by atoms with Crippen LogP contribution in [-0.2, 0) is 6.42 Å². The van der Waals surface area contributed by atoms with Gasteiger partial charge in [-0.25, -0.2) is 4.98 Å². The fourth-order valence-corrected chi connectivity index (χ4v) is 2.25. The predicted molar refractivity (Wildman–Crippen MR) is 79.7 cm³/mol. The number of aromatic nitrogens is 1. The van der Waals surface area contributed by atoms with Crippen molar-refractivity contribution in [3.05, 3.63) is 41.6 Å². The molecule has 0 bridgehead atoms. The molecule has 1 aromatic carbocycles. The number of oxazole rings is 1. The number of benzene rings is 1. The molecule has 6 heteroatoms. The van der Waals surface area contributed by atoms with Gasteiger partial charge in [0.2, 0.25) is 0 Å². The number of hydrogen-bond acceptors (Lipinski definition) is 4. The first-order valence-electron chi connectivity index (χ1n) is 6.32. The third-order valence-electron chi connectivity index (χ3n) is 3.27. The van der Waals surface area contributed by atoms with E-state index in [-0.39, 0.29) is 18.3 Å². The van der Waals surface area contributed by atoms with Crippen molar-refractivity contribution < 1.29 is 9.21 Å². The van der Waals surface area contributed by atoms with Crippen molar-refractivity contribution in [1.82, 2.24) is 4.98 Å². The summed E-state index contributed by atoms with van der Waals surface area (Å²) in [5.41, 5.74) is 3.48. The molecule has 0 radical (unpaired) electrons. The van der Waals surface area contributed by atoms with E-state index in [1.165, 1.54) is 12.0 Å². The second-order valence-corrected chi connectivity index (χ2v) is 4.61.